The number of rotatable bonds is 7. The molecule has 1 amide bonds. The zero-order chi connectivity index (χ0) is 25.2. The molecule has 1 unspecified atom stereocenters. The number of nitrogens with zero attached hydrogens (tertiary/aromatic N) is 4. The minimum atomic E-state index is -0.632. The Bertz CT molecular complexity index is 1410. The van der Waals surface area contributed by atoms with Gasteiger partial charge in [-0.1, -0.05) is 6.07 Å². The molecule has 5 rings (SSSR count). The van der Waals surface area contributed by atoms with Gasteiger partial charge in [-0.15, -0.1) is 16.4 Å². The van der Waals surface area contributed by atoms with Gasteiger partial charge in [0.15, 0.2) is 17.3 Å². The van der Waals surface area contributed by atoms with Gasteiger partial charge in [0.05, 0.1) is 43.7 Å². The summed E-state index contributed by atoms with van der Waals surface area (Å²) in [5.41, 5.74) is 2.40. The standard InChI is InChI=1S/C25H24N6O4S/c1-14-20(24(32)28-16-7-5-9-26-13-16)21(15-11-17(33-2)22(35-4)18(12-15)34-3)31-25(27-14)29-23(30-31)19-8-6-10-36-19/h5-13,21H,1-4H3,(H,28,32)(H,27,29,30). The molecule has 1 atom stereocenters. The van der Waals surface area contributed by atoms with Gasteiger partial charge in [0.1, 0.15) is 6.04 Å². The third kappa shape index (κ3) is 4.13. The van der Waals surface area contributed by atoms with Gasteiger partial charge in [0, 0.05) is 11.9 Å². The maximum Gasteiger partial charge on any atom is 0.255 e. The number of methoxy groups -OCH3 is 3. The van der Waals surface area contributed by atoms with Crippen molar-refractivity contribution in [1.82, 2.24) is 19.7 Å². The highest BCUT2D eigenvalue weighted by Crippen LogP contribution is 2.44. The molecule has 0 radical (unpaired) electrons. The Morgan fingerprint density at radius 1 is 1.11 bits per heavy atom. The van der Waals surface area contributed by atoms with Crippen molar-refractivity contribution in [1.29, 1.82) is 0 Å². The van der Waals surface area contributed by atoms with Crippen LogP contribution in [0.3, 0.4) is 0 Å². The number of amides is 1. The number of thiophene rings is 1. The minimum absolute atomic E-state index is 0.300. The van der Waals surface area contributed by atoms with Crippen LogP contribution >= 0.6 is 11.3 Å². The number of benzene rings is 1. The van der Waals surface area contributed by atoms with Gasteiger partial charge in [0.25, 0.3) is 5.91 Å². The molecular weight excluding hydrogens is 480 g/mol. The number of hydrogen-bond donors (Lipinski definition) is 2. The van der Waals surface area contributed by atoms with E-state index in [1.165, 1.54) is 0 Å². The lowest BCUT2D eigenvalue weighted by Crippen LogP contribution is -2.31. The summed E-state index contributed by atoms with van der Waals surface area (Å²) in [4.78, 5) is 23.4. The molecule has 4 aromatic rings. The van der Waals surface area contributed by atoms with Crippen LogP contribution in [0.15, 0.2) is 65.4 Å². The van der Waals surface area contributed by atoms with Crippen LogP contribution in [0.1, 0.15) is 18.5 Å². The Balaban J connectivity index is 1.67. The fourth-order valence-electron chi connectivity index (χ4n) is 4.16. The summed E-state index contributed by atoms with van der Waals surface area (Å²) in [5.74, 6) is 2.17. The summed E-state index contributed by atoms with van der Waals surface area (Å²) in [6.07, 6.45) is 3.24. The van der Waals surface area contributed by atoms with E-state index in [-0.39, 0.29) is 5.91 Å². The average Bonchev–Trinajstić information content (AvgIpc) is 3.57. The van der Waals surface area contributed by atoms with Crippen molar-refractivity contribution in [3.8, 4) is 28.0 Å². The predicted molar refractivity (Wildman–Crippen MR) is 137 cm³/mol. The van der Waals surface area contributed by atoms with E-state index < -0.39 is 6.04 Å². The van der Waals surface area contributed by atoms with Gasteiger partial charge >= 0.3 is 0 Å². The highest BCUT2D eigenvalue weighted by Gasteiger charge is 2.36. The molecule has 11 heteroatoms. The van der Waals surface area contributed by atoms with Gasteiger partial charge in [-0.05, 0) is 48.2 Å². The predicted octanol–water partition coefficient (Wildman–Crippen LogP) is 4.36. The van der Waals surface area contributed by atoms with Crippen LogP contribution in [0.4, 0.5) is 11.6 Å². The number of anilines is 2. The van der Waals surface area contributed by atoms with Crippen LogP contribution < -0.4 is 24.8 Å². The van der Waals surface area contributed by atoms with Crippen LogP contribution in [0, 0.1) is 0 Å². The Morgan fingerprint density at radius 3 is 2.50 bits per heavy atom. The van der Waals surface area contributed by atoms with Crippen LogP contribution in [0.2, 0.25) is 0 Å². The molecule has 0 aliphatic carbocycles. The summed E-state index contributed by atoms with van der Waals surface area (Å²) in [6.45, 7) is 1.84. The van der Waals surface area contributed by atoms with Gasteiger partial charge in [-0.25, -0.2) is 4.68 Å². The van der Waals surface area contributed by atoms with Crippen molar-refractivity contribution in [2.45, 2.75) is 13.0 Å². The van der Waals surface area contributed by atoms with E-state index >= 15 is 0 Å². The molecule has 3 aromatic heterocycles. The number of allylic oxidation sites excluding steroid dienone is 1. The first kappa shape index (κ1) is 23.4. The number of ether oxygens (including phenoxy) is 3. The van der Waals surface area contributed by atoms with E-state index in [2.05, 4.69) is 15.6 Å². The molecular formula is C25H24N6O4S. The van der Waals surface area contributed by atoms with Crippen LogP contribution in [-0.4, -0.2) is 47.0 Å². The van der Waals surface area contributed by atoms with E-state index in [1.54, 1.807) is 61.9 Å². The molecule has 36 heavy (non-hydrogen) atoms. The molecule has 0 bridgehead atoms. The minimum Gasteiger partial charge on any atom is -0.493 e. The largest absolute Gasteiger partial charge is 0.493 e. The summed E-state index contributed by atoms with van der Waals surface area (Å²) in [6, 6.07) is 10.4. The lowest BCUT2D eigenvalue weighted by molar-refractivity contribution is -0.113. The first-order chi connectivity index (χ1) is 17.5. The molecule has 4 heterocycles. The number of fused-ring (bicyclic) bond motifs is 1. The van der Waals surface area contributed by atoms with E-state index in [0.29, 0.717) is 51.5 Å². The van der Waals surface area contributed by atoms with Crippen molar-refractivity contribution < 1.29 is 19.0 Å². The van der Waals surface area contributed by atoms with Crippen molar-refractivity contribution in [2.75, 3.05) is 32.0 Å². The maximum absolute atomic E-state index is 13.7. The Morgan fingerprint density at radius 2 is 1.89 bits per heavy atom. The number of hydrogen-bond acceptors (Lipinski definition) is 9. The average molecular weight is 505 g/mol. The molecule has 2 N–H and O–H groups in total. The number of nitrogens with one attached hydrogen (secondary N) is 2. The molecule has 10 nitrogen and oxygen atoms in total. The summed E-state index contributed by atoms with van der Waals surface area (Å²) >= 11 is 1.54. The van der Waals surface area contributed by atoms with E-state index in [0.717, 1.165) is 4.88 Å². The molecule has 1 aliphatic rings. The Kier molecular flexibility index (Phi) is 6.30. The second kappa shape index (κ2) is 9.70. The second-order valence-electron chi connectivity index (χ2n) is 7.90. The number of pyridine rings is 1. The number of carbonyl (C=O) groups excluding carboxylic acids is 1. The van der Waals surface area contributed by atoms with Gasteiger partial charge in [0.2, 0.25) is 11.7 Å². The SMILES string of the molecule is COc1cc(C2C(C(=O)Nc3cccnc3)=C(C)Nc3nc(-c4cccs4)nn32)cc(OC)c1OC. The van der Waals surface area contributed by atoms with Gasteiger partial charge in [-0.3, -0.25) is 9.78 Å². The summed E-state index contributed by atoms with van der Waals surface area (Å²) in [5, 5.41) is 12.9. The van der Waals surface area contributed by atoms with Crippen LogP contribution in [-0.2, 0) is 4.79 Å². The number of aromatic nitrogens is 4. The van der Waals surface area contributed by atoms with E-state index in [9.17, 15) is 4.79 Å². The summed E-state index contributed by atoms with van der Waals surface area (Å²) in [7, 11) is 4.65. The lowest BCUT2D eigenvalue weighted by Gasteiger charge is -2.29. The van der Waals surface area contributed by atoms with Crippen molar-refractivity contribution >= 4 is 28.9 Å². The van der Waals surface area contributed by atoms with Crippen molar-refractivity contribution in [3.05, 3.63) is 71.0 Å². The summed E-state index contributed by atoms with van der Waals surface area (Å²) < 4.78 is 18.4. The zero-order valence-electron chi connectivity index (χ0n) is 20.1. The van der Waals surface area contributed by atoms with Gasteiger partial charge in [-0.2, -0.15) is 4.98 Å². The highest BCUT2D eigenvalue weighted by molar-refractivity contribution is 7.13. The topological polar surface area (TPSA) is 112 Å². The van der Waals surface area contributed by atoms with Crippen molar-refractivity contribution in [3.63, 3.8) is 0 Å². The maximum atomic E-state index is 13.7. The first-order valence-electron chi connectivity index (χ1n) is 11.0. The quantitative estimate of drug-likeness (QED) is 0.382. The molecule has 184 valence electrons. The fraction of sp³-hybridized carbons (Fsp3) is 0.200. The Labute approximate surface area is 211 Å². The lowest BCUT2D eigenvalue weighted by atomic mass is 9.94. The molecule has 1 aromatic carbocycles. The smallest absolute Gasteiger partial charge is 0.255 e. The molecule has 0 saturated carbocycles. The first-order valence-corrected chi connectivity index (χ1v) is 11.9. The van der Waals surface area contributed by atoms with E-state index in [4.69, 9.17) is 24.3 Å². The molecule has 1 aliphatic heterocycles. The number of carbonyl (C=O) groups is 1. The third-order valence-corrected chi connectivity index (χ3v) is 6.63. The zero-order valence-corrected chi connectivity index (χ0v) is 20.9. The fourth-order valence-corrected chi connectivity index (χ4v) is 4.81. The molecule has 0 spiro atoms. The van der Waals surface area contributed by atoms with Gasteiger partial charge < -0.3 is 24.8 Å². The normalized spacial score (nSPS) is 14.6. The Hall–Kier alpha value is -4.38. The monoisotopic (exact) mass is 504 g/mol. The van der Waals surface area contributed by atoms with Crippen LogP contribution in [0.25, 0.3) is 10.7 Å². The van der Waals surface area contributed by atoms with E-state index in [1.807, 2.05) is 36.6 Å². The van der Waals surface area contributed by atoms with Crippen LogP contribution in [0.5, 0.6) is 17.2 Å². The van der Waals surface area contributed by atoms with Crippen molar-refractivity contribution in [2.24, 2.45) is 0 Å². The third-order valence-electron chi connectivity index (χ3n) is 5.76. The second-order valence-corrected chi connectivity index (χ2v) is 8.85. The molecule has 0 saturated heterocycles. The highest BCUT2D eigenvalue weighted by atomic mass is 32.1. The molecule has 0 fully saturated rings.